The van der Waals surface area contributed by atoms with Gasteiger partial charge in [-0.05, 0) is 55.3 Å². The number of H-pyrrole nitrogens is 1. The predicted molar refractivity (Wildman–Crippen MR) is 98.7 cm³/mol. The summed E-state index contributed by atoms with van der Waals surface area (Å²) in [7, 11) is 0. The monoisotopic (exact) mass is 366 g/mol. The molecule has 2 aliphatic rings. The van der Waals surface area contributed by atoms with Crippen molar-refractivity contribution in [3.8, 4) is 11.5 Å². The summed E-state index contributed by atoms with van der Waals surface area (Å²) in [6, 6.07) is 12.1. The fourth-order valence-electron chi connectivity index (χ4n) is 3.97. The Morgan fingerprint density at radius 1 is 1.11 bits per heavy atom. The van der Waals surface area contributed by atoms with E-state index < -0.39 is 0 Å². The summed E-state index contributed by atoms with van der Waals surface area (Å²) in [5.41, 5.74) is 2.59. The molecule has 138 valence electrons. The van der Waals surface area contributed by atoms with Crippen LogP contribution in [0.25, 0.3) is 10.9 Å². The van der Waals surface area contributed by atoms with E-state index in [4.69, 9.17) is 9.47 Å². The maximum absolute atomic E-state index is 13.5. The molecule has 1 fully saturated rings. The molecule has 1 amide bonds. The number of piperidine rings is 1. The number of ether oxygens (including phenoxy) is 2. The molecule has 1 N–H and O–H groups in total. The van der Waals surface area contributed by atoms with E-state index in [-0.39, 0.29) is 24.4 Å². The first kappa shape index (κ1) is 16.2. The van der Waals surface area contributed by atoms with Crippen molar-refractivity contribution >= 4 is 16.8 Å². The Hall–Kier alpha value is -3.02. The minimum absolute atomic E-state index is 0.000144. The summed E-state index contributed by atoms with van der Waals surface area (Å²) in [4.78, 5) is 18.2. The first-order chi connectivity index (χ1) is 13.2. The van der Waals surface area contributed by atoms with Gasteiger partial charge in [-0.2, -0.15) is 0 Å². The van der Waals surface area contributed by atoms with E-state index in [0.717, 1.165) is 36.0 Å². The number of rotatable bonds is 2. The molecule has 6 heteroatoms. The number of halogens is 1. The lowest BCUT2D eigenvalue weighted by Gasteiger charge is -2.32. The molecule has 5 rings (SSSR count). The number of amides is 1. The molecular weight excluding hydrogens is 347 g/mol. The summed E-state index contributed by atoms with van der Waals surface area (Å²) >= 11 is 0. The minimum Gasteiger partial charge on any atom is -0.454 e. The van der Waals surface area contributed by atoms with Gasteiger partial charge in [-0.1, -0.05) is 0 Å². The van der Waals surface area contributed by atoms with Gasteiger partial charge in [0, 0.05) is 41.2 Å². The van der Waals surface area contributed by atoms with Crippen LogP contribution in [0, 0.1) is 5.82 Å². The summed E-state index contributed by atoms with van der Waals surface area (Å²) in [5.74, 6) is 1.27. The van der Waals surface area contributed by atoms with Crippen molar-refractivity contribution in [2.45, 2.75) is 18.8 Å². The van der Waals surface area contributed by atoms with Crippen LogP contribution in [0.1, 0.15) is 34.8 Å². The molecule has 2 aliphatic heterocycles. The van der Waals surface area contributed by atoms with E-state index in [1.54, 1.807) is 24.3 Å². The van der Waals surface area contributed by atoms with Gasteiger partial charge >= 0.3 is 0 Å². The average Bonchev–Trinajstić information content (AvgIpc) is 3.33. The largest absolute Gasteiger partial charge is 0.454 e. The van der Waals surface area contributed by atoms with E-state index in [1.807, 2.05) is 11.0 Å². The van der Waals surface area contributed by atoms with E-state index >= 15 is 0 Å². The third-order valence-corrected chi connectivity index (χ3v) is 5.37. The normalized spacial score (nSPS) is 18.9. The zero-order valence-corrected chi connectivity index (χ0v) is 14.7. The number of benzene rings is 2. The van der Waals surface area contributed by atoms with E-state index in [2.05, 4.69) is 4.98 Å². The van der Waals surface area contributed by atoms with Crippen LogP contribution in [0.4, 0.5) is 4.39 Å². The third kappa shape index (κ3) is 2.91. The number of likely N-dealkylation sites (tertiary alicyclic amines) is 1. The lowest BCUT2D eigenvalue weighted by molar-refractivity contribution is 0.0705. The molecular formula is C21H19FN2O3. The summed E-state index contributed by atoms with van der Waals surface area (Å²) < 4.78 is 24.1. The number of hydrogen-bond donors (Lipinski definition) is 1. The van der Waals surface area contributed by atoms with Gasteiger partial charge in [-0.3, -0.25) is 4.79 Å². The molecule has 3 aromatic rings. The Morgan fingerprint density at radius 3 is 2.93 bits per heavy atom. The van der Waals surface area contributed by atoms with Crippen molar-refractivity contribution in [2.24, 2.45) is 0 Å². The van der Waals surface area contributed by atoms with Crippen LogP contribution in [-0.4, -0.2) is 35.7 Å². The molecule has 3 heterocycles. The zero-order chi connectivity index (χ0) is 18.4. The smallest absolute Gasteiger partial charge is 0.254 e. The maximum Gasteiger partial charge on any atom is 0.254 e. The molecule has 1 unspecified atom stereocenters. The average molecular weight is 366 g/mol. The first-order valence-corrected chi connectivity index (χ1v) is 9.14. The maximum atomic E-state index is 13.5. The SMILES string of the molecule is O=C(c1ccc2c(c1)OCO2)N1CCCC(c2cc3cc(F)ccc3[nH]2)C1. The van der Waals surface area contributed by atoms with Crippen LogP contribution in [0.3, 0.4) is 0 Å². The van der Waals surface area contributed by atoms with Gasteiger partial charge in [0.15, 0.2) is 11.5 Å². The molecule has 0 saturated carbocycles. The van der Waals surface area contributed by atoms with Gasteiger partial charge in [-0.15, -0.1) is 0 Å². The zero-order valence-electron chi connectivity index (χ0n) is 14.7. The molecule has 0 aliphatic carbocycles. The lowest BCUT2D eigenvalue weighted by Crippen LogP contribution is -2.39. The van der Waals surface area contributed by atoms with Crippen molar-refractivity contribution < 1.29 is 18.7 Å². The van der Waals surface area contributed by atoms with Crippen LogP contribution in [-0.2, 0) is 0 Å². The third-order valence-electron chi connectivity index (χ3n) is 5.37. The number of aromatic nitrogens is 1. The summed E-state index contributed by atoms with van der Waals surface area (Å²) in [6.07, 6.45) is 1.94. The Bertz CT molecular complexity index is 1030. The highest BCUT2D eigenvalue weighted by atomic mass is 19.1. The van der Waals surface area contributed by atoms with Crippen LogP contribution >= 0.6 is 0 Å². The Kier molecular flexibility index (Phi) is 3.77. The number of carbonyl (C=O) groups excluding carboxylic acids is 1. The number of nitrogens with zero attached hydrogens (tertiary/aromatic N) is 1. The molecule has 0 spiro atoms. The Labute approximate surface area is 155 Å². The lowest BCUT2D eigenvalue weighted by atomic mass is 9.94. The molecule has 5 nitrogen and oxygen atoms in total. The second-order valence-corrected chi connectivity index (χ2v) is 7.11. The van der Waals surface area contributed by atoms with Gasteiger partial charge in [-0.25, -0.2) is 4.39 Å². The highest BCUT2D eigenvalue weighted by molar-refractivity contribution is 5.95. The van der Waals surface area contributed by atoms with Gasteiger partial charge < -0.3 is 19.4 Å². The number of fused-ring (bicyclic) bond motifs is 2. The number of aromatic amines is 1. The van der Waals surface area contributed by atoms with Gasteiger partial charge in [0.25, 0.3) is 5.91 Å². The minimum atomic E-state index is -0.240. The molecule has 1 saturated heterocycles. The fraction of sp³-hybridized carbons (Fsp3) is 0.286. The van der Waals surface area contributed by atoms with Crippen molar-refractivity contribution in [2.75, 3.05) is 19.9 Å². The molecule has 1 aromatic heterocycles. The molecule has 27 heavy (non-hydrogen) atoms. The van der Waals surface area contributed by atoms with Crippen molar-refractivity contribution in [1.29, 1.82) is 0 Å². The van der Waals surface area contributed by atoms with Crippen molar-refractivity contribution in [3.05, 3.63) is 59.5 Å². The van der Waals surface area contributed by atoms with Crippen molar-refractivity contribution in [1.82, 2.24) is 9.88 Å². The van der Waals surface area contributed by atoms with Crippen molar-refractivity contribution in [3.63, 3.8) is 0 Å². The Balaban J connectivity index is 1.37. The molecule has 2 aromatic carbocycles. The second-order valence-electron chi connectivity index (χ2n) is 7.11. The van der Waals surface area contributed by atoms with E-state index in [1.165, 1.54) is 12.1 Å². The van der Waals surface area contributed by atoms with Gasteiger partial charge in [0.05, 0.1) is 0 Å². The standard InChI is InChI=1S/C21H19FN2O3/c22-16-4-5-17-15(8-16)9-18(23-17)14-2-1-7-24(11-14)21(25)13-3-6-19-20(10-13)27-12-26-19/h3-6,8-10,14,23H,1-2,7,11-12H2. The highest BCUT2D eigenvalue weighted by Crippen LogP contribution is 2.34. The predicted octanol–water partition coefficient (Wildman–Crippen LogP) is 4.06. The van der Waals surface area contributed by atoms with Crippen LogP contribution < -0.4 is 9.47 Å². The second kappa shape index (κ2) is 6.30. The van der Waals surface area contributed by atoms with Gasteiger partial charge in [0.2, 0.25) is 6.79 Å². The summed E-state index contributed by atoms with van der Waals surface area (Å²) in [5, 5.41) is 0.865. The van der Waals surface area contributed by atoms with E-state index in [0.29, 0.717) is 23.6 Å². The van der Waals surface area contributed by atoms with E-state index in [9.17, 15) is 9.18 Å². The first-order valence-electron chi connectivity index (χ1n) is 9.14. The van der Waals surface area contributed by atoms with Crippen LogP contribution in [0.5, 0.6) is 11.5 Å². The molecule has 0 bridgehead atoms. The topological polar surface area (TPSA) is 54.6 Å². The molecule has 0 radical (unpaired) electrons. The van der Waals surface area contributed by atoms with Crippen LogP contribution in [0.15, 0.2) is 42.5 Å². The Morgan fingerprint density at radius 2 is 2.00 bits per heavy atom. The number of carbonyl (C=O) groups is 1. The van der Waals surface area contributed by atoms with Crippen LogP contribution in [0.2, 0.25) is 0 Å². The quantitative estimate of drug-likeness (QED) is 0.744. The molecule has 1 atom stereocenters. The number of nitrogens with one attached hydrogen (secondary N) is 1. The fourth-order valence-corrected chi connectivity index (χ4v) is 3.97. The number of hydrogen-bond acceptors (Lipinski definition) is 3. The van der Waals surface area contributed by atoms with Gasteiger partial charge in [0.1, 0.15) is 5.82 Å². The summed E-state index contributed by atoms with van der Waals surface area (Å²) in [6.45, 7) is 1.57. The highest BCUT2D eigenvalue weighted by Gasteiger charge is 2.27.